The smallest absolute Gasteiger partial charge is 0.262 e. The normalized spacial score (nSPS) is 13.0. The van der Waals surface area contributed by atoms with Gasteiger partial charge in [0.1, 0.15) is 23.6 Å². The highest BCUT2D eigenvalue weighted by atomic mass is 32.1. The average molecular weight is 433 g/mol. The van der Waals surface area contributed by atoms with E-state index in [0.29, 0.717) is 33.3 Å². The van der Waals surface area contributed by atoms with Crippen molar-refractivity contribution in [1.29, 1.82) is 0 Å². The molecule has 0 fully saturated rings. The largest absolute Gasteiger partial charge is 0.497 e. The number of aromatic nitrogens is 1. The van der Waals surface area contributed by atoms with Crippen molar-refractivity contribution in [2.75, 3.05) is 19.0 Å². The van der Waals surface area contributed by atoms with Gasteiger partial charge >= 0.3 is 0 Å². The lowest BCUT2D eigenvalue weighted by molar-refractivity contribution is -0.116. The maximum absolute atomic E-state index is 12.4. The third kappa shape index (κ3) is 3.34. The van der Waals surface area contributed by atoms with Gasteiger partial charge in [-0.2, -0.15) is 0 Å². The molecule has 2 aromatic carbocycles. The van der Waals surface area contributed by atoms with Gasteiger partial charge in [-0.05, 0) is 36.4 Å². The molecule has 0 radical (unpaired) electrons. The van der Waals surface area contributed by atoms with Crippen molar-refractivity contribution in [3.05, 3.63) is 65.0 Å². The Hall–Kier alpha value is -3.98. The highest BCUT2D eigenvalue weighted by molar-refractivity contribution is 7.14. The van der Waals surface area contributed by atoms with E-state index in [4.69, 9.17) is 9.15 Å². The zero-order valence-electron chi connectivity index (χ0n) is 16.2. The first-order valence-electron chi connectivity index (χ1n) is 9.32. The van der Waals surface area contributed by atoms with Crippen LogP contribution in [0.1, 0.15) is 20.7 Å². The molecular formula is C22H15N3O5S. The zero-order valence-corrected chi connectivity index (χ0v) is 17.1. The van der Waals surface area contributed by atoms with Gasteiger partial charge in [-0.1, -0.05) is 12.1 Å². The second-order valence-corrected chi connectivity index (χ2v) is 7.70. The maximum Gasteiger partial charge on any atom is 0.262 e. The van der Waals surface area contributed by atoms with Gasteiger partial charge in [0.15, 0.2) is 10.9 Å². The molecule has 0 spiro atoms. The summed E-state index contributed by atoms with van der Waals surface area (Å²) in [4.78, 5) is 42.6. The number of hydrogen-bond acceptors (Lipinski definition) is 7. The van der Waals surface area contributed by atoms with Crippen LogP contribution in [-0.4, -0.2) is 41.3 Å². The molecule has 8 nitrogen and oxygen atoms in total. The maximum atomic E-state index is 12.4. The molecule has 31 heavy (non-hydrogen) atoms. The molecule has 9 heteroatoms. The molecule has 1 aliphatic rings. The van der Waals surface area contributed by atoms with E-state index >= 15 is 0 Å². The average Bonchev–Trinajstić information content (AvgIpc) is 3.47. The molecule has 2 aromatic heterocycles. The second-order valence-electron chi connectivity index (χ2n) is 6.84. The summed E-state index contributed by atoms with van der Waals surface area (Å²) in [7, 11) is 1.60. The Bertz CT molecular complexity index is 1320. The van der Waals surface area contributed by atoms with Crippen LogP contribution in [0.4, 0.5) is 5.13 Å². The van der Waals surface area contributed by atoms with E-state index in [9.17, 15) is 14.4 Å². The summed E-state index contributed by atoms with van der Waals surface area (Å²) in [5.41, 5.74) is 1.87. The number of nitrogens with one attached hydrogen (secondary N) is 1. The molecule has 0 aliphatic carbocycles. The predicted molar refractivity (Wildman–Crippen MR) is 114 cm³/mol. The van der Waals surface area contributed by atoms with Crippen molar-refractivity contribution < 1.29 is 23.5 Å². The van der Waals surface area contributed by atoms with Gasteiger partial charge in [0, 0.05) is 10.8 Å². The van der Waals surface area contributed by atoms with Crippen LogP contribution in [0.15, 0.2) is 58.3 Å². The van der Waals surface area contributed by atoms with Crippen LogP contribution in [0.2, 0.25) is 0 Å². The molecule has 3 heterocycles. The van der Waals surface area contributed by atoms with E-state index in [1.165, 1.54) is 11.3 Å². The Balaban J connectivity index is 1.29. The first-order chi connectivity index (χ1) is 15.0. The van der Waals surface area contributed by atoms with E-state index < -0.39 is 17.7 Å². The van der Waals surface area contributed by atoms with E-state index in [1.54, 1.807) is 36.8 Å². The fourth-order valence-corrected chi connectivity index (χ4v) is 4.12. The topological polar surface area (TPSA) is 102 Å². The lowest BCUT2D eigenvalue weighted by Gasteiger charge is -2.12. The lowest BCUT2D eigenvalue weighted by Crippen LogP contribution is -2.37. The Morgan fingerprint density at radius 3 is 2.58 bits per heavy atom. The number of hydrogen-bond donors (Lipinski definition) is 1. The summed E-state index contributed by atoms with van der Waals surface area (Å²) in [5, 5.41) is 5.61. The number of fused-ring (bicyclic) bond motifs is 2. The molecule has 1 aliphatic heterocycles. The fourth-order valence-electron chi connectivity index (χ4n) is 3.40. The number of nitrogens with zero attached hydrogens (tertiary/aromatic N) is 2. The van der Waals surface area contributed by atoms with Gasteiger partial charge in [-0.3, -0.25) is 19.3 Å². The Morgan fingerprint density at radius 2 is 1.87 bits per heavy atom. The fraction of sp³-hybridized carbons (Fsp3) is 0.0909. The van der Waals surface area contributed by atoms with Gasteiger partial charge < -0.3 is 14.5 Å². The van der Waals surface area contributed by atoms with Gasteiger partial charge in [-0.15, -0.1) is 11.3 Å². The van der Waals surface area contributed by atoms with Crippen molar-refractivity contribution in [3.63, 3.8) is 0 Å². The molecule has 0 saturated carbocycles. The molecule has 0 atom stereocenters. The van der Waals surface area contributed by atoms with Gasteiger partial charge in [-0.25, -0.2) is 4.98 Å². The van der Waals surface area contributed by atoms with E-state index in [0.717, 1.165) is 16.0 Å². The summed E-state index contributed by atoms with van der Waals surface area (Å²) >= 11 is 1.22. The number of ether oxygens (including phenoxy) is 1. The quantitative estimate of drug-likeness (QED) is 0.481. The molecule has 0 saturated heterocycles. The third-order valence-corrected chi connectivity index (χ3v) is 5.66. The minimum atomic E-state index is -0.509. The lowest BCUT2D eigenvalue weighted by atomic mass is 10.1. The number of anilines is 1. The molecule has 4 aromatic rings. The van der Waals surface area contributed by atoms with Crippen LogP contribution >= 0.6 is 11.3 Å². The first-order valence-corrected chi connectivity index (χ1v) is 10.2. The van der Waals surface area contributed by atoms with Crippen LogP contribution < -0.4 is 10.1 Å². The van der Waals surface area contributed by atoms with Gasteiger partial charge in [0.25, 0.3) is 11.8 Å². The standard InChI is InChI=1S/C22H15N3O5S/c1-29-13-6-7-17-12(8-13)9-18(30-17)16-11-31-22(23-16)24-19(26)10-25-20(27)14-4-2-3-5-15(14)21(25)28/h2-9,11H,10H2,1H3,(H,23,24,26). The number of imide groups is 1. The predicted octanol–water partition coefficient (Wildman–Crippen LogP) is 3.80. The Morgan fingerprint density at radius 1 is 1.13 bits per heavy atom. The molecule has 5 rings (SSSR count). The molecule has 0 unspecified atom stereocenters. The molecule has 0 bridgehead atoms. The highest BCUT2D eigenvalue weighted by Gasteiger charge is 2.36. The number of carbonyl (C=O) groups excluding carboxylic acids is 3. The number of amides is 3. The van der Waals surface area contributed by atoms with Crippen LogP contribution in [-0.2, 0) is 4.79 Å². The third-order valence-electron chi connectivity index (χ3n) is 4.91. The summed E-state index contributed by atoms with van der Waals surface area (Å²) < 4.78 is 11.0. The number of thiazole rings is 1. The van der Waals surface area contributed by atoms with E-state index in [-0.39, 0.29) is 6.54 Å². The Kier molecular flexibility index (Phi) is 4.52. The van der Waals surface area contributed by atoms with E-state index in [1.807, 2.05) is 24.3 Å². The summed E-state index contributed by atoms with van der Waals surface area (Å²) in [6.07, 6.45) is 0. The molecule has 154 valence electrons. The number of methoxy groups -OCH3 is 1. The van der Waals surface area contributed by atoms with Crippen LogP contribution in [0.3, 0.4) is 0 Å². The molecule has 3 amide bonds. The monoisotopic (exact) mass is 433 g/mol. The van der Waals surface area contributed by atoms with Crippen LogP contribution in [0.5, 0.6) is 5.75 Å². The molecular weight excluding hydrogens is 418 g/mol. The second kappa shape index (κ2) is 7.37. The zero-order chi connectivity index (χ0) is 21.5. The minimum absolute atomic E-state index is 0.304. The summed E-state index contributed by atoms with van der Waals surface area (Å²) in [6.45, 7) is -0.383. The molecule has 1 N–H and O–H groups in total. The van der Waals surface area contributed by atoms with Gasteiger partial charge in [0.05, 0.1) is 18.2 Å². The Labute approximate surface area is 180 Å². The van der Waals surface area contributed by atoms with Gasteiger partial charge in [0.2, 0.25) is 5.91 Å². The van der Waals surface area contributed by atoms with Crippen molar-refractivity contribution in [2.45, 2.75) is 0 Å². The van der Waals surface area contributed by atoms with Crippen molar-refractivity contribution >= 4 is 45.2 Å². The van der Waals surface area contributed by atoms with Crippen molar-refractivity contribution in [2.24, 2.45) is 0 Å². The SMILES string of the molecule is COc1ccc2oc(-c3csc(NC(=O)CN4C(=O)c5ccccc5C4=O)n3)cc2c1. The number of rotatable bonds is 5. The van der Waals surface area contributed by atoms with Crippen molar-refractivity contribution in [3.8, 4) is 17.2 Å². The highest BCUT2D eigenvalue weighted by Crippen LogP contribution is 2.32. The van der Waals surface area contributed by atoms with Crippen LogP contribution in [0, 0.1) is 0 Å². The number of benzene rings is 2. The summed E-state index contributed by atoms with van der Waals surface area (Å²) in [5.74, 6) is -0.189. The number of carbonyl (C=O) groups is 3. The van der Waals surface area contributed by atoms with E-state index in [2.05, 4.69) is 10.3 Å². The van der Waals surface area contributed by atoms with Crippen LogP contribution in [0.25, 0.3) is 22.4 Å². The number of furan rings is 1. The van der Waals surface area contributed by atoms with Crippen molar-refractivity contribution in [1.82, 2.24) is 9.88 Å². The first kappa shape index (κ1) is 19.0. The summed E-state index contributed by atoms with van der Waals surface area (Å²) in [6, 6.07) is 13.8. The minimum Gasteiger partial charge on any atom is -0.497 e.